The summed E-state index contributed by atoms with van der Waals surface area (Å²) in [5.41, 5.74) is 0.582. The highest BCUT2D eigenvalue weighted by molar-refractivity contribution is 4.92. The Morgan fingerprint density at radius 2 is 2.47 bits per heavy atom. The van der Waals surface area contributed by atoms with Crippen molar-refractivity contribution in [3.8, 4) is 0 Å². The molecule has 1 saturated heterocycles. The molecule has 0 saturated carbocycles. The van der Waals surface area contributed by atoms with Crippen LogP contribution in [0, 0.1) is 0 Å². The van der Waals surface area contributed by atoms with Crippen molar-refractivity contribution in [2.24, 2.45) is 0 Å². The van der Waals surface area contributed by atoms with Gasteiger partial charge in [-0.2, -0.15) is 0 Å². The molecule has 15 heavy (non-hydrogen) atoms. The van der Waals surface area contributed by atoms with Crippen LogP contribution in [0.4, 0.5) is 4.39 Å². The summed E-state index contributed by atoms with van der Waals surface area (Å²) in [7, 11) is 0. The third-order valence-corrected chi connectivity index (χ3v) is 2.74. The van der Waals surface area contributed by atoms with Gasteiger partial charge in [0.25, 0.3) is 0 Å². The Balaban J connectivity index is 1.95. The normalized spacial score (nSPS) is 22.4. The van der Waals surface area contributed by atoms with Gasteiger partial charge >= 0.3 is 0 Å². The molecule has 6 heteroatoms. The van der Waals surface area contributed by atoms with E-state index in [1.807, 2.05) is 0 Å². The van der Waals surface area contributed by atoms with E-state index in [-0.39, 0.29) is 19.3 Å². The van der Waals surface area contributed by atoms with Crippen LogP contribution in [-0.2, 0) is 6.61 Å². The zero-order valence-electron chi connectivity index (χ0n) is 8.51. The van der Waals surface area contributed by atoms with Gasteiger partial charge in [0.05, 0.1) is 18.8 Å². The molecule has 0 aromatic carbocycles. The number of aliphatic hydroxyl groups excluding tert-OH is 1. The molecule has 1 aliphatic rings. The summed E-state index contributed by atoms with van der Waals surface area (Å²) in [4.78, 5) is 2.07. The summed E-state index contributed by atoms with van der Waals surface area (Å²) in [6.07, 6.45) is 2.72. The molecule has 0 unspecified atom stereocenters. The van der Waals surface area contributed by atoms with Crippen LogP contribution < -0.4 is 0 Å². The number of halogens is 1. The summed E-state index contributed by atoms with van der Waals surface area (Å²) in [5, 5.41) is 16.6. The van der Waals surface area contributed by atoms with Crippen molar-refractivity contribution in [1.82, 2.24) is 19.9 Å². The second-order valence-corrected chi connectivity index (χ2v) is 3.78. The number of nitrogens with zero attached hydrogens (tertiary/aromatic N) is 4. The first kappa shape index (κ1) is 10.5. The molecule has 1 aliphatic heterocycles. The zero-order valence-corrected chi connectivity index (χ0v) is 8.51. The lowest BCUT2D eigenvalue weighted by molar-refractivity contribution is 0.276. The highest BCUT2D eigenvalue weighted by Gasteiger charge is 2.24. The van der Waals surface area contributed by atoms with Crippen molar-refractivity contribution < 1.29 is 9.50 Å². The number of alkyl halides is 1. The summed E-state index contributed by atoms with van der Waals surface area (Å²) in [6, 6.07) is 0.268. The number of rotatable bonds is 4. The number of aromatic nitrogens is 3. The van der Waals surface area contributed by atoms with Crippen LogP contribution in [0.15, 0.2) is 6.20 Å². The minimum Gasteiger partial charge on any atom is -0.390 e. The van der Waals surface area contributed by atoms with Gasteiger partial charge in [0.15, 0.2) is 0 Å². The second kappa shape index (κ2) is 4.67. The number of aliphatic hydroxyl groups is 1. The molecule has 5 nitrogen and oxygen atoms in total. The maximum Gasteiger partial charge on any atom is 0.108 e. The first-order valence-corrected chi connectivity index (χ1v) is 5.13. The van der Waals surface area contributed by atoms with Gasteiger partial charge in [0.2, 0.25) is 0 Å². The topological polar surface area (TPSA) is 54.2 Å². The smallest absolute Gasteiger partial charge is 0.108 e. The molecule has 2 rings (SSSR count). The van der Waals surface area contributed by atoms with Gasteiger partial charge in [-0.05, 0) is 6.42 Å². The largest absolute Gasteiger partial charge is 0.390 e. The standard InChI is InChI=1S/C9H15FN4O/c10-2-4-13-3-1-9(6-13)14-5-8(7-15)11-12-14/h5,9,15H,1-4,6-7H2/t9-/m0/s1. The minimum atomic E-state index is -0.300. The number of hydrogen-bond acceptors (Lipinski definition) is 4. The maximum absolute atomic E-state index is 12.1. The van der Waals surface area contributed by atoms with E-state index in [1.165, 1.54) is 0 Å². The van der Waals surface area contributed by atoms with E-state index in [0.717, 1.165) is 19.5 Å². The Hall–Kier alpha value is -1.01. The molecule has 1 fully saturated rings. The predicted molar refractivity (Wildman–Crippen MR) is 52.0 cm³/mol. The third-order valence-electron chi connectivity index (χ3n) is 2.74. The van der Waals surface area contributed by atoms with Crippen LogP contribution in [0.25, 0.3) is 0 Å². The number of likely N-dealkylation sites (tertiary alicyclic amines) is 1. The summed E-state index contributed by atoms with van der Waals surface area (Å²) < 4.78 is 13.9. The predicted octanol–water partition coefficient (Wildman–Crippen LogP) is -0.0133. The van der Waals surface area contributed by atoms with E-state index in [4.69, 9.17) is 5.11 Å². The summed E-state index contributed by atoms with van der Waals surface area (Å²) >= 11 is 0. The zero-order chi connectivity index (χ0) is 10.7. The van der Waals surface area contributed by atoms with E-state index in [0.29, 0.717) is 12.2 Å². The first-order valence-electron chi connectivity index (χ1n) is 5.13. The Morgan fingerprint density at radius 3 is 3.13 bits per heavy atom. The molecule has 84 valence electrons. The lowest BCUT2D eigenvalue weighted by Crippen LogP contribution is -2.24. The Morgan fingerprint density at radius 1 is 1.60 bits per heavy atom. The monoisotopic (exact) mass is 214 g/mol. The van der Waals surface area contributed by atoms with Crippen molar-refractivity contribution in [2.45, 2.75) is 19.1 Å². The third kappa shape index (κ3) is 2.32. The molecular weight excluding hydrogens is 199 g/mol. The first-order chi connectivity index (χ1) is 7.33. The van der Waals surface area contributed by atoms with Gasteiger partial charge in [-0.25, -0.2) is 9.07 Å². The molecule has 1 N–H and O–H groups in total. The van der Waals surface area contributed by atoms with E-state index in [9.17, 15) is 4.39 Å². The van der Waals surface area contributed by atoms with Crippen molar-refractivity contribution in [2.75, 3.05) is 26.3 Å². The average Bonchev–Trinajstić information content (AvgIpc) is 2.85. The second-order valence-electron chi connectivity index (χ2n) is 3.78. The molecule has 0 amide bonds. The summed E-state index contributed by atoms with van der Waals surface area (Å²) in [5.74, 6) is 0. The van der Waals surface area contributed by atoms with Crippen LogP contribution in [0.5, 0.6) is 0 Å². The van der Waals surface area contributed by atoms with Crippen LogP contribution in [0.3, 0.4) is 0 Å². The van der Waals surface area contributed by atoms with Crippen molar-refractivity contribution in [3.63, 3.8) is 0 Å². The highest BCUT2D eigenvalue weighted by Crippen LogP contribution is 2.20. The van der Waals surface area contributed by atoms with Gasteiger partial charge in [0.1, 0.15) is 12.4 Å². The van der Waals surface area contributed by atoms with Crippen LogP contribution in [-0.4, -0.2) is 51.3 Å². The van der Waals surface area contributed by atoms with E-state index < -0.39 is 0 Å². The van der Waals surface area contributed by atoms with Gasteiger partial charge in [-0.3, -0.25) is 4.90 Å². The van der Waals surface area contributed by atoms with Crippen LogP contribution >= 0.6 is 0 Å². The Labute approximate surface area is 87.5 Å². The summed E-state index contributed by atoms with van der Waals surface area (Å²) in [6.45, 7) is 1.84. The minimum absolute atomic E-state index is 0.0824. The van der Waals surface area contributed by atoms with Crippen molar-refractivity contribution in [1.29, 1.82) is 0 Å². The molecule has 2 heterocycles. The SMILES string of the molecule is OCc1cn([C@H]2CCN(CCF)C2)nn1. The van der Waals surface area contributed by atoms with Gasteiger partial charge < -0.3 is 5.11 Å². The highest BCUT2D eigenvalue weighted by atomic mass is 19.1. The molecule has 0 spiro atoms. The van der Waals surface area contributed by atoms with E-state index >= 15 is 0 Å². The molecule has 1 atom stereocenters. The lowest BCUT2D eigenvalue weighted by Gasteiger charge is -2.13. The molecule has 0 bridgehead atoms. The molecule has 1 aromatic heterocycles. The Kier molecular flexibility index (Phi) is 3.27. The molecular formula is C9H15FN4O. The van der Waals surface area contributed by atoms with Gasteiger partial charge in [0, 0.05) is 19.6 Å². The fraction of sp³-hybridized carbons (Fsp3) is 0.778. The maximum atomic E-state index is 12.1. The van der Waals surface area contributed by atoms with Gasteiger partial charge in [-0.15, -0.1) is 5.10 Å². The lowest BCUT2D eigenvalue weighted by atomic mass is 10.3. The molecule has 1 aromatic rings. The molecule has 0 radical (unpaired) electrons. The van der Waals surface area contributed by atoms with E-state index in [1.54, 1.807) is 10.9 Å². The fourth-order valence-electron chi connectivity index (χ4n) is 1.92. The van der Waals surface area contributed by atoms with Gasteiger partial charge in [-0.1, -0.05) is 5.21 Å². The quantitative estimate of drug-likeness (QED) is 0.765. The van der Waals surface area contributed by atoms with Crippen molar-refractivity contribution >= 4 is 0 Å². The Bertz CT molecular complexity index is 317. The average molecular weight is 214 g/mol. The number of hydrogen-bond donors (Lipinski definition) is 1. The molecule has 0 aliphatic carbocycles. The van der Waals surface area contributed by atoms with Crippen molar-refractivity contribution in [3.05, 3.63) is 11.9 Å². The fourth-order valence-corrected chi connectivity index (χ4v) is 1.92. The van der Waals surface area contributed by atoms with Crippen LogP contribution in [0.2, 0.25) is 0 Å². The van der Waals surface area contributed by atoms with Crippen LogP contribution in [0.1, 0.15) is 18.2 Å². The van der Waals surface area contributed by atoms with E-state index in [2.05, 4.69) is 15.2 Å².